The first-order valence-electron chi connectivity index (χ1n) is 10.5. The Morgan fingerprint density at radius 3 is 2.18 bits per heavy atom. The third-order valence-electron chi connectivity index (χ3n) is 5.72. The summed E-state index contributed by atoms with van der Waals surface area (Å²) in [5.41, 5.74) is 2.12. The Morgan fingerprint density at radius 1 is 0.853 bits per heavy atom. The SMILES string of the molecule is CC(Sc1ccc(F)cc1Cl)c1ncc(C(C)(C)c2ccc(Cl)c(Cl)c2)n1-c1ccc(F)cc1. The highest BCUT2D eigenvalue weighted by molar-refractivity contribution is 7.99. The molecule has 4 rings (SSSR count). The summed E-state index contributed by atoms with van der Waals surface area (Å²) in [6.45, 7) is 6.15. The van der Waals surface area contributed by atoms with Crippen molar-refractivity contribution in [3.63, 3.8) is 0 Å². The molecule has 176 valence electrons. The molecule has 0 saturated carbocycles. The summed E-state index contributed by atoms with van der Waals surface area (Å²) in [7, 11) is 0. The standard InChI is InChI=1S/C26H21Cl3F2N2S/c1-15(34-23-11-7-18(31)13-22(23)29)25-32-14-24(33(25)19-8-5-17(30)6-9-19)26(2,3)16-4-10-20(27)21(28)12-16/h4-15H,1-3H3. The lowest BCUT2D eigenvalue weighted by Gasteiger charge is -2.28. The van der Waals surface area contributed by atoms with E-state index in [0.717, 1.165) is 27.7 Å². The van der Waals surface area contributed by atoms with Crippen molar-refractivity contribution in [2.75, 3.05) is 0 Å². The van der Waals surface area contributed by atoms with E-state index in [2.05, 4.69) is 13.8 Å². The van der Waals surface area contributed by atoms with E-state index in [1.807, 2.05) is 29.8 Å². The zero-order valence-electron chi connectivity index (χ0n) is 18.6. The van der Waals surface area contributed by atoms with Gasteiger partial charge in [0, 0.05) is 22.2 Å². The van der Waals surface area contributed by atoms with Crippen LogP contribution in [-0.4, -0.2) is 9.55 Å². The van der Waals surface area contributed by atoms with Gasteiger partial charge in [-0.15, -0.1) is 11.8 Å². The smallest absolute Gasteiger partial charge is 0.126 e. The van der Waals surface area contributed by atoms with Crippen molar-refractivity contribution in [2.45, 2.75) is 36.3 Å². The molecule has 0 fully saturated rings. The number of rotatable bonds is 6. The quantitative estimate of drug-likeness (QED) is 0.228. The van der Waals surface area contributed by atoms with Crippen molar-refractivity contribution >= 4 is 46.6 Å². The van der Waals surface area contributed by atoms with Crippen LogP contribution >= 0.6 is 46.6 Å². The van der Waals surface area contributed by atoms with Crippen LogP contribution in [0.5, 0.6) is 0 Å². The predicted octanol–water partition coefficient (Wildman–Crippen LogP) is 9.29. The van der Waals surface area contributed by atoms with Crippen LogP contribution in [0.15, 0.2) is 71.8 Å². The Bertz CT molecular complexity index is 1340. The third-order valence-corrected chi connectivity index (χ3v) is 8.05. The van der Waals surface area contributed by atoms with Crippen LogP contribution in [0.2, 0.25) is 15.1 Å². The summed E-state index contributed by atoms with van der Waals surface area (Å²) < 4.78 is 29.3. The van der Waals surface area contributed by atoms with Gasteiger partial charge >= 0.3 is 0 Å². The molecule has 1 atom stereocenters. The summed E-state index contributed by atoms with van der Waals surface area (Å²) in [5, 5.41) is 1.14. The minimum atomic E-state index is -0.508. The van der Waals surface area contributed by atoms with Crippen molar-refractivity contribution in [3.8, 4) is 5.69 Å². The Hall–Kier alpha value is -2.05. The van der Waals surface area contributed by atoms with E-state index in [-0.39, 0.29) is 16.9 Å². The second-order valence-electron chi connectivity index (χ2n) is 8.40. The van der Waals surface area contributed by atoms with Crippen molar-refractivity contribution in [3.05, 3.63) is 111 Å². The molecule has 0 bridgehead atoms. The fraction of sp³-hybridized carbons (Fsp3) is 0.192. The Kier molecular flexibility index (Phi) is 7.30. The van der Waals surface area contributed by atoms with Gasteiger partial charge in [0.05, 0.1) is 26.0 Å². The lowest BCUT2D eigenvalue weighted by atomic mass is 9.81. The lowest BCUT2D eigenvalue weighted by molar-refractivity contribution is 0.595. The van der Waals surface area contributed by atoms with Crippen LogP contribution in [0.1, 0.15) is 43.1 Å². The molecule has 0 aliphatic heterocycles. The molecule has 0 amide bonds. The maximum absolute atomic E-state index is 13.7. The average molecular weight is 538 g/mol. The van der Waals surface area contributed by atoms with Crippen molar-refractivity contribution in [1.29, 1.82) is 0 Å². The first-order valence-corrected chi connectivity index (χ1v) is 12.5. The molecule has 4 aromatic rings. The van der Waals surface area contributed by atoms with E-state index in [1.165, 1.54) is 36.0 Å². The average Bonchev–Trinajstić information content (AvgIpc) is 3.24. The van der Waals surface area contributed by atoms with Crippen molar-refractivity contribution < 1.29 is 8.78 Å². The van der Waals surface area contributed by atoms with E-state index < -0.39 is 5.41 Å². The topological polar surface area (TPSA) is 17.8 Å². The van der Waals surface area contributed by atoms with Gasteiger partial charge in [-0.25, -0.2) is 13.8 Å². The predicted molar refractivity (Wildman–Crippen MR) is 138 cm³/mol. The van der Waals surface area contributed by atoms with Crippen molar-refractivity contribution in [1.82, 2.24) is 9.55 Å². The zero-order chi connectivity index (χ0) is 24.6. The summed E-state index contributed by atoms with van der Waals surface area (Å²) in [6.07, 6.45) is 1.82. The second-order valence-corrected chi connectivity index (χ2v) is 11.0. The van der Waals surface area contributed by atoms with Gasteiger partial charge in [0.1, 0.15) is 17.5 Å². The van der Waals surface area contributed by atoms with Crippen LogP contribution in [0.25, 0.3) is 5.69 Å². The molecule has 0 aliphatic carbocycles. The molecule has 1 heterocycles. The van der Waals surface area contributed by atoms with E-state index in [9.17, 15) is 8.78 Å². The molecule has 1 aromatic heterocycles. The van der Waals surface area contributed by atoms with Crippen LogP contribution in [0, 0.1) is 11.6 Å². The van der Waals surface area contributed by atoms with E-state index >= 15 is 0 Å². The van der Waals surface area contributed by atoms with Gasteiger partial charge in [-0.3, -0.25) is 4.57 Å². The number of aromatic nitrogens is 2. The molecule has 0 aliphatic rings. The molecular formula is C26H21Cl3F2N2S. The zero-order valence-corrected chi connectivity index (χ0v) is 21.7. The van der Waals surface area contributed by atoms with Gasteiger partial charge in [0.15, 0.2) is 0 Å². The summed E-state index contributed by atoms with van der Waals surface area (Å²) in [5.74, 6) is 0.0387. The number of benzene rings is 3. The van der Waals surface area contributed by atoms with Gasteiger partial charge in [-0.1, -0.05) is 54.7 Å². The molecule has 0 N–H and O–H groups in total. The van der Waals surface area contributed by atoms with Gasteiger partial charge in [-0.05, 0) is 67.1 Å². The second kappa shape index (κ2) is 9.90. The van der Waals surface area contributed by atoms with E-state index in [4.69, 9.17) is 39.8 Å². The number of thioether (sulfide) groups is 1. The fourth-order valence-electron chi connectivity index (χ4n) is 3.80. The van der Waals surface area contributed by atoms with Crippen LogP contribution in [0.3, 0.4) is 0 Å². The minimum absolute atomic E-state index is 0.147. The van der Waals surface area contributed by atoms with Crippen LogP contribution in [0.4, 0.5) is 8.78 Å². The maximum atomic E-state index is 13.7. The van der Waals surface area contributed by atoms with Gasteiger partial charge in [0.25, 0.3) is 0 Å². The molecule has 0 spiro atoms. The molecule has 0 radical (unpaired) electrons. The summed E-state index contributed by atoms with van der Waals surface area (Å²) in [6, 6.07) is 16.2. The van der Waals surface area contributed by atoms with Crippen LogP contribution < -0.4 is 0 Å². The maximum Gasteiger partial charge on any atom is 0.126 e. The van der Waals surface area contributed by atoms with Crippen LogP contribution in [-0.2, 0) is 5.41 Å². The fourth-order valence-corrected chi connectivity index (χ4v) is 5.37. The largest absolute Gasteiger partial charge is 0.299 e. The number of hydrogen-bond acceptors (Lipinski definition) is 2. The molecule has 34 heavy (non-hydrogen) atoms. The third kappa shape index (κ3) is 4.99. The number of nitrogens with zero attached hydrogens (tertiary/aromatic N) is 2. The Labute approximate surface area is 216 Å². The number of hydrogen-bond donors (Lipinski definition) is 0. The van der Waals surface area contributed by atoms with Gasteiger partial charge in [0.2, 0.25) is 0 Å². The molecule has 0 saturated heterocycles. The normalized spacial score (nSPS) is 12.7. The number of imidazole rings is 1. The molecule has 2 nitrogen and oxygen atoms in total. The first kappa shape index (κ1) is 25.1. The molecular weight excluding hydrogens is 517 g/mol. The lowest BCUT2D eigenvalue weighted by Crippen LogP contribution is -2.23. The molecule has 1 unspecified atom stereocenters. The monoisotopic (exact) mass is 536 g/mol. The summed E-state index contributed by atoms with van der Waals surface area (Å²) >= 11 is 20.2. The minimum Gasteiger partial charge on any atom is -0.299 e. The van der Waals surface area contributed by atoms with E-state index in [1.54, 1.807) is 24.3 Å². The van der Waals surface area contributed by atoms with Crippen molar-refractivity contribution in [2.24, 2.45) is 0 Å². The highest BCUT2D eigenvalue weighted by Gasteiger charge is 2.31. The Balaban J connectivity index is 1.83. The van der Waals surface area contributed by atoms with Gasteiger partial charge in [-0.2, -0.15) is 0 Å². The Morgan fingerprint density at radius 2 is 1.53 bits per heavy atom. The van der Waals surface area contributed by atoms with E-state index in [0.29, 0.717) is 15.1 Å². The molecule has 8 heteroatoms. The first-order chi connectivity index (χ1) is 16.1. The number of halogens is 5. The highest BCUT2D eigenvalue weighted by Crippen LogP contribution is 2.42. The van der Waals surface area contributed by atoms with Gasteiger partial charge < -0.3 is 0 Å². The summed E-state index contributed by atoms with van der Waals surface area (Å²) in [4.78, 5) is 5.51. The highest BCUT2D eigenvalue weighted by atomic mass is 35.5. The molecule has 3 aromatic carbocycles.